The van der Waals surface area contributed by atoms with Crippen molar-refractivity contribution < 1.29 is 4.79 Å². The summed E-state index contributed by atoms with van der Waals surface area (Å²) in [6.07, 6.45) is 0.282. The van der Waals surface area contributed by atoms with Gasteiger partial charge in [-0.05, 0) is 18.2 Å². The van der Waals surface area contributed by atoms with Crippen LogP contribution in [0.3, 0.4) is 0 Å². The zero-order valence-corrected chi connectivity index (χ0v) is 13.5. The number of benzene rings is 1. The van der Waals surface area contributed by atoms with Gasteiger partial charge in [-0.25, -0.2) is 9.97 Å². The number of nitrogens with zero attached hydrogens (tertiary/aromatic N) is 3. The van der Waals surface area contributed by atoms with Crippen LogP contribution in [0.1, 0.15) is 23.6 Å². The van der Waals surface area contributed by atoms with Gasteiger partial charge < -0.3 is 5.73 Å². The molecule has 0 atom stereocenters. The lowest BCUT2D eigenvalue weighted by atomic mass is 10.1. The van der Waals surface area contributed by atoms with E-state index in [1.54, 1.807) is 4.90 Å². The Balaban J connectivity index is 1.94. The van der Waals surface area contributed by atoms with E-state index in [0.29, 0.717) is 23.3 Å². The SMILES string of the molecule is CCSc1nc(N)c2c(n1)N(Cc1ccc(C)cc1)C(=O)C2. The van der Waals surface area contributed by atoms with Crippen molar-refractivity contribution in [1.29, 1.82) is 0 Å². The monoisotopic (exact) mass is 314 g/mol. The molecule has 0 fully saturated rings. The fourth-order valence-corrected chi connectivity index (χ4v) is 3.03. The topological polar surface area (TPSA) is 72.1 Å². The Morgan fingerprint density at radius 2 is 2.00 bits per heavy atom. The molecule has 2 heterocycles. The zero-order chi connectivity index (χ0) is 15.7. The number of thioether (sulfide) groups is 1. The van der Waals surface area contributed by atoms with E-state index in [9.17, 15) is 4.79 Å². The van der Waals surface area contributed by atoms with E-state index in [-0.39, 0.29) is 12.3 Å². The molecule has 2 N–H and O–H groups in total. The van der Waals surface area contributed by atoms with E-state index in [2.05, 4.69) is 9.97 Å². The molecular weight excluding hydrogens is 296 g/mol. The van der Waals surface area contributed by atoms with Crippen molar-refractivity contribution in [3.8, 4) is 0 Å². The maximum atomic E-state index is 12.3. The Morgan fingerprint density at radius 3 is 2.68 bits per heavy atom. The lowest BCUT2D eigenvalue weighted by molar-refractivity contribution is -0.117. The zero-order valence-electron chi connectivity index (χ0n) is 12.7. The van der Waals surface area contributed by atoms with Crippen LogP contribution in [0.5, 0.6) is 0 Å². The minimum Gasteiger partial charge on any atom is -0.383 e. The molecule has 1 aromatic heterocycles. The molecule has 3 rings (SSSR count). The van der Waals surface area contributed by atoms with Crippen LogP contribution in [0, 0.1) is 6.92 Å². The standard InChI is InChI=1S/C16H18N4OS/c1-3-22-16-18-14(17)12-8-13(21)20(15(12)19-16)9-11-6-4-10(2)5-7-11/h4-7H,3,8-9H2,1-2H3,(H2,17,18,19). The second kappa shape index (κ2) is 5.96. The van der Waals surface area contributed by atoms with Gasteiger partial charge in [0.2, 0.25) is 5.91 Å². The number of rotatable bonds is 4. The summed E-state index contributed by atoms with van der Waals surface area (Å²) in [5, 5.41) is 0.627. The summed E-state index contributed by atoms with van der Waals surface area (Å²) in [5.74, 6) is 1.97. The molecule has 1 amide bonds. The Labute approximate surface area is 133 Å². The molecule has 0 spiro atoms. The Bertz CT molecular complexity index is 715. The largest absolute Gasteiger partial charge is 0.383 e. The van der Waals surface area contributed by atoms with E-state index in [0.717, 1.165) is 16.9 Å². The van der Waals surface area contributed by atoms with Crippen molar-refractivity contribution in [2.24, 2.45) is 0 Å². The van der Waals surface area contributed by atoms with Gasteiger partial charge in [-0.3, -0.25) is 9.69 Å². The Kier molecular flexibility index (Phi) is 4.02. The lowest BCUT2D eigenvalue weighted by Gasteiger charge is -2.17. The lowest BCUT2D eigenvalue weighted by Crippen LogP contribution is -2.26. The number of hydrogen-bond donors (Lipinski definition) is 1. The number of anilines is 2. The van der Waals surface area contributed by atoms with Crippen LogP contribution in [-0.2, 0) is 17.8 Å². The summed E-state index contributed by atoms with van der Waals surface area (Å²) in [6, 6.07) is 8.16. The number of amides is 1. The number of carbonyl (C=O) groups excluding carboxylic acids is 1. The third kappa shape index (κ3) is 2.78. The van der Waals surface area contributed by atoms with Crippen molar-refractivity contribution in [2.75, 3.05) is 16.4 Å². The molecule has 114 valence electrons. The number of aromatic nitrogens is 2. The van der Waals surface area contributed by atoms with Crippen LogP contribution in [0.2, 0.25) is 0 Å². The van der Waals surface area contributed by atoms with Crippen LogP contribution in [-0.4, -0.2) is 21.6 Å². The highest BCUT2D eigenvalue weighted by Gasteiger charge is 2.31. The van der Waals surface area contributed by atoms with Gasteiger partial charge in [0.15, 0.2) is 5.16 Å². The van der Waals surface area contributed by atoms with Gasteiger partial charge in [0.1, 0.15) is 11.6 Å². The van der Waals surface area contributed by atoms with Gasteiger partial charge in [-0.15, -0.1) is 0 Å². The molecule has 0 saturated heterocycles. The summed E-state index contributed by atoms with van der Waals surface area (Å²) < 4.78 is 0. The van der Waals surface area contributed by atoms with Crippen molar-refractivity contribution in [1.82, 2.24) is 9.97 Å². The second-order valence-electron chi connectivity index (χ2n) is 5.27. The van der Waals surface area contributed by atoms with Crippen molar-refractivity contribution in [3.63, 3.8) is 0 Å². The molecular formula is C16H18N4OS. The molecule has 0 bridgehead atoms. The average Bonchev–Trinajstić information content (AvgIpc) is 2.79. The highest BCUT2D eigenvalue weighted by atomic mass is 32.2. The molecule has 1 aromatic carbocycles. The first-order valence-corrected chi connectivity index (χ1v) is 8.22. The highest BCUT2D eigenvalue weighted by Crippen LogP contribution is 2.33. The molecule has 6 heteroatoms. The molecule has 5 nitrogen and oxygen atoms in total. The fraction of sp³-hybridized carbons (Fsp3) is 0.312. The summed E-state index contributed by atoms with van der Waals surface area (Å²) in [6.45, 7) is 4.59. The molecule has 0 radical (unpaired) electrons. The van der Waals surface area contributed by atoms with Gasteiger partial charge in [0.25, 0.3) is 0 Å². The number of nitrogen functional groups attached to an aromatic ring is 1. The third-order valence-corrected chi connectivity index (χ3v) is 4.35. The normalized spacial score (nSPS) is 13.5. The quantitative estimate of drug-likeness (QED) is 0.693. The number of carbonyl (C=O) groups is 1. The summed E-state index contributed by atoms with van der Waals surface area (Å²) >= 11 is 1.53. The van der Waals surface area contributed by atoms with Crippen molar-refractivity contribution >= 4 is 29.3 Å². The molecule has 22 heavy (non-hydrogen) atoms. The fourth-order valence-electron chi connectivity index (χ4n) is 2.46. The first kappa shape index (κ1) is 14.8. The van der Waals surface area contributed by atoms with E-state index >= 15 is 0 Å². The Hall–Kier alpha value is -2.08. The van der Waals surface area contributed by atoms with Gasteiger partial charge in [0, 0.05) is 5.56 Å². The molecule has 1 aliphatic heterocycles. The molecule has 0 unspecified atom stereocenters. The van der Waals surface area contributed by atoms with Crippen LogP contribution < -0.4 is 10.6 Å². The predicted molar refractivity (Wildman–Crippen MR) is 88.9 cm³/mol. The summed E-state index contributed by atoms with van der Waals surface area (Å²) in [7, 11) is 0. The molecule has 0 aliphatic carbocycles. The maximum Gasteiger partial charge on any atom is 0.233 e. The van der Waals surface area contributed by atoms with E-state index in [1.807, 2.05) is 38.1 Å². The smallest absolute Gasteiger partial charge is 0.233 e. The van der Waals surface area contributed by atoms with E-state index < -0.39 is 0 Å². The van der Waals surface area contributed by atoms with Crippen LogP contribution in [0.15, 0.2) is 29.4 Å². The average molecular weight is 314 g/mol. The van der Waals surface area contributed by atoms with Crippen LogP contribution in [0.25, 0.3) is 0 Å². The summed E-state index contributed by atoms with van der Waals surface area (Å²) in [5.41, 5.74) is 9.02. The second-order valence-corrected chi connectivity index (χ2v) is 6.50. The van der Waals surface area contributed by atoms with Gasteiger partial charge in [-0.1, -0.05) is 48.5 Å². The Morgan fingerprint density at radius 1 is 1.27 bits per heavy atom. The van der Waals surface area contributed by atoms with E-state index in [4.69, 9.17) is 5.73 Å². The van der Waals surface area contributed by atoms with Gasteiger partial charge in [0.05, 0.1) is 13.0 Å². The minimum atomic E-state index is 0.0234. The minimum absolute atomic E-state index is 0.0234. The third-order valence-electron chi connectivity index (χ3n) is 3.62. The first-order chi connectivity index (χ1) is 10.6. The molecule has 1 aliphatic rings. The van der Waals surface area contributed by atoms with Gasteiger partial charge in [-0.2, -0.15) is 0 Å². The molecule has 0 saturated carbocycles. The summed E-state index contributed by atoms with van der Waals surface area (Å²) in [4.78, 5) is 22.8. The van der Waals surface area contributed by atoms with E-state index in [1.165, 1.54) is 17.3 Å². The van der Waals surface area contributed by atoms with Crippen LogP contribution in [0.4, 0.5) is 11.6 Å². The number of nitrogens with two attached hydrogens (primary N) is 1. The van der Waals surface area contributed by atoms with Gasteiger partial charge >= 0.3 is 0 Å². The number of aryl methyl sites for hydroxylation is 1. The predicted octanol–water partition coefficient (Wildman–Crippen LogP) is 2.57. The molecule has 2 aromatic rings. The maximum absolute atomic E-state index is 12.3. The first-order valence-electron chi connectivity index (χ1n) is 7.23. The number of hydrogen-bond acceptors (Lipinski definition) is 5. The van der Waals surface area contributed by atoms with Crippen molar-refractivity contribution in [2.45, 2.75) is 32.0 Å². The van der Waals surface area contributed by atoms with Crippen molar-refractivity contribution in [3.05, 3.63) is 41.0 Å². The number of fused-ring (bicyclic) bond motifs is 1. The highest BCUT2D eigenvalue weighted by molar-refractivity contribution is 7.99. The van der Waals surface area contributed by atoms with Crippen LogP contribution >= 0.6 is 11.8 Å².